The van der Waals surface area contributed by atoms with Crippen LogP contribution in [-0.4, -0.2) is 22.2 Å². The summed E-state index contributed by atoms with van der Waals surface area (Å²) in [6, 6.07) is 7.80. The molecule has 0 fully saturated rings. The Morgan fingerprint density at radius 1 is 1.05 bits per heavy atom. The third kappa shape index (κ3) is 4.70. The number of fused-ring (bicyclic) bond motifs is 1. The molecule has 0 saturated carbocycles. The van der Waals surface area contributed by atoms with Crippen LogP contribution in [0.3, 0.4) is 0 Å². The number of carbonyl (C=O) groups is 2. The number of benzene rings is 1. The molecule has 22 heavy (non-hydrogen) atoms. The maximum Gasteiger partial charge on any atom is 1.00 e. The van der Waals surface area contributed by atoms with Gasteiger partial charge in [-0.15, -0.1) is 0 Å². The molecule has 1 aromatic rings. The summed E-state index contributed by atoms with van der Waals surface area (Å²) in [5.41, 5.74) is 2.31. The van der Waals surface area contributed by atoms with Crippen molar-refractivity contribution in [2.45, 2.75) is 26.7 Å². The minimum absolute atomic E-state index is 0. The van der Waals surface area contributed by atoms with Crippen molar-refractivity contribution in [3.63, 3.8) is 0 Å². The van der Waals surface area contributed by atoms with E-state index in [0.717, 1.165) is 11.1 Å². The van der Waals surface area contributed by atoms with Crippen LogP contribution < -0.4 is 59.1 Å². The fraction of sp³-hybridized carbons (Fsp3) is 0.375. The number of hydrogen-bond acceptors (Lipinski definition) is 2. The van der Waals surface area contributed by atoms with Gasteiger partial charge in [-0.3, -0.25) is 0 Å². The van der Waals surface area contributed by atoms with Gasteiger partial charge in [-0.25, -0.2) is 9.59 Å². The van der Waals surface area contributed by atoms with Gasteiger partial charge >= 0.3 is 71.1 Å². The topological polar surface area (TPSA) is 74.6 Å². The molecular weight excluding hydrogens is 302 g/mol. The van der Waals surface area contributed by atoms with Crippen molar-refractivity contribution >= 4 is 11.9 Å². The molecule has 1 aromatic carbocycles. The summed E-state index contributed by atoms with van der Waals surface area (Å²) in [6.07, 6.45) is 1.20. The van der Waals surface area contributed by atoms with Crippen LogP contribution in [0.2, 0.25) is 0 Å². The quantitative estimate of drug-likeness (QED) is 0.451. The monoisotopic (exact) mass is 322 g/mol. The van der Waals surface area contributed by atoms with Gasteiger partial charge in [-0.1, -0.05) is 38.1 Å². The van der Waals surface area contributed by atoms with E-state index in [4.69, 9.17) is 0 Å². The average Bonchev–Trinajstić information content (AvgIpc) is 2.77. The van der Waals surface area contributed by atoms with E-state index in [9.17, 15) is 19.8 Å². The molecule has 1 aliphatic rings. The number of aliphatic carboxylic acids is 2. The minimum atomic E-state index is -1.13. The van der Waals surface area contributed by atoms with Crippen LogP contribution in [0.1, 0.15) is 27.8 Å². The van der Waals surface area contributed by atoms with Crippen LogP contribution in [0.4, 0.5) is 0 Å². The zero-order valence-corrected chi connectivity index (χ0v) is 17.6. The van der Waals surface area contributed by atoms with Crippen molar-refractivity contribution in [3.05, 3.63) is 46.5 Å². The Morgan fingerprint density at radius 3 is 1.82 bits per heavy atom. The summed E-state index contributed by atoms with van der Waals surface area (Å²) in [5.74, 6) is -2.82. The predicted molar refractivity (Wildman–Crippen MR) is 76.7 cm³/mol. The first-order chi connectivity index (χ1) is 9.41. The summed E-state index contributed by atoms with van der Waals surface area (Å²) in [6.45, 7) is 3.43. The van der Waals surface area contributed by atoms with Gasteiger partial charge in [0.05, 0.1) is 11.1 Å². The van der Waals surface area contributed by atoms with Gasteiger partial charge in [0, 0.05) is 0 Å². The van der Waals surface area contributed by atoms with Crippen molar-refractivity contribution < 1.29 is 81.8 Å². The van der Waals surface area contributed by atoms with E-state index in [0.29, 0.717) is 12.8 Å². The van der Waals surface area contributed by atoms with E-state index >= 15 is 0 Å². The van der Waals surface area contributed by atoms with Gasteiger partial charge in [-0.2, -0.15) is 0 Å². The first-order valence-electron chi connectivity index (χ1n) is 6.69. The second-order valence-electron chi connectivity index (χ2n) is 5.47. The Labute approximate surface area is 177 Å². The minimum Gasteiger partial charge on any atom is -1.00 e. The van der Waals surface area contributed by atoms with Crippen LogP contribution in [0, 0.1) is 11.8 Å². The van der Waals surface area contributed by atoms with Gasteiger partial charge in [0.15, 0.2) is 0 Å². The molecule has 0 amide bonds. The van der Waals surface area contributed by atoms with Crippen molar-refractivity contribution in [1.29, 1.82) is 0 Å². The zero-order chi connectivity index (χ0) is 14.9. The number of carboxylic acids is 2. The van der Waals surface area contributed by atoms with E-state index in [1.807, 2.05) is 24.3 Å². The summed E-state index contributed by atoms with van der Waals surface area (Å²) >= 11 is 0. The molecule has 2 N–H and O–H groups in total. The largest absolute Gasteiger partial charge is 1.00 e. The summed E-state index contributed by atoms with van der Waals surface area (Å²) < 4.78 is 0. The molecule has 110 valence electrons. The Bertz CT molecular complexity index is 578. The van der Waals surface area contributed by atoms with Gasteiger partial charge in [-0.05, 0) is 35.8 Å². The summed E-state index contributed by atoms with van der Waals surface area (Å²) in [7, 11) is 0. The maximum atomic E-state index is 11.6. The number of rotatable bonds is 4. The predicted octanol–water partition coefficient (Wildman–Crippen LogP) is -3.24. The van der Waals surface area contributed by atoms with Gasteiger partial charge in [0.25, 0.3) is 0 Å². The molecule has 1 aliphatic carbocycles. The smallest absolute Gasteiger partial charge is 1.00 e. The van der Waals surface area contributed by atoms with Crippen LogP contribution in [0.5, 0.6) is 0 Å². The Morgan fingerprint density at radius 2 is 1.50 bits per heavy atom. The molecule has 0 aliphatic heterocycles. The molecule has 0 bridgehead atoms. The molecule has 0 unspecified atom stereocenters. The van der Waals surface area contributed by atoms with Gasteiger partial charge < -0.3 is 13.1 Å². The Hall–Kier alpha value is -0.1000. The molecule has 0 heterocycles. The van der Waals surface area contributed by atoms with Crippen LogP contribution >= 0.6 is 0 Å². The molecule has 4 nitrogen and oxygen atoms in total. The van der Waals surface area contributed by atoms with Crippen molar-refractivity contribution in [1.82, 2.24) is 0 Å². The van der Waals surface area contributed by atoms with Crippen LogP contribution in [0.15, 0.2) is 35.4 Å². The molecule has 0 radical (unpaired) electrons. The molecule has 2 rings (SSSR count). The molecule has 0 aromatic heterocycles. The SMILES string of the molecule is CC(C)/C(C(=O)O)=C(/C(=O)O)C1Cc2ccccc2C1.[H-].[H-].[Na+].[Na+]. The molecule has 0 atom stereocenters. The number of carboxylic acid groups (broad SMARTS) is 2. The Kier molecular flexibility index (Phi) is 9.22. The van der Waals surface area contributed by atoms with E-state index < -0.39 is 11.9 Å². The van der Waals surface area contributed by atoms with Crippen molar-refractivity contribution in [2.24, 2.45) is 11.8 Å². The first-order valence-corrected chi connectivity index (χ1v) is 6.69. The van der Waals surface area contributed by atoms with E-state index in [1.165, 1.54) is 0 Å². The van der Waals surface area contributed by atoms with Crippen LogP contribution in [0.25, 0.3) is 0 Å². The van der Waals surface area contributed by atoms with E-state index in [-0.39, 0.29) is 84.9 Å². The van der Waals surface area contributed by atoms with Gasteiger partial charge in [0.1, 0.15) is 0 Å². The summed E-state index contributed by atoms with van der Waals surface area (Å²) in [4.78, 5) is 23.0. The second kappa shape index (κ2) is 9.26. The maximum absolute atomic E-state index is 11.6. The average molecular weight is 322 g/mol. The fourth-order valence-corrected chi connectivity index (χ4v) is 2.95. The van der Waals surface area contributed by atoms with Gasteiger partial charge in [0.2, 0.25) is 0 Å². The Balaban J connectivity index is -0.00000110. The number of hydrogen-bond donors (Lipinski definition) is 2. The van der Waals surface area contributed by atoms with Crippen LogP contribution in [-0.2, 0) is 22.4 Å². The third-order valence-electron chi connectivity index (χ3n) is 3.79. The molecule has 0 spiro atoms. The normalized spacial score (nSPS) is 14.5. The third-order valence-corrected chi connectivity index (χ3v) is 3.79. The van der Waals surface area contributed by atoms with Crippen molar-refractivity contribution in [3.8, 4) is 0 Å². The molecule has 6 heteroatoms. The molecular formula is C16H20Na2O4. The zero-order valence-electron chi connectivity index (χ0n) is 15.6. The fourth-order valence-electron chi connectivity index (χ4n) is 2.95. The molecule has 0 saturated heterocycles. The van der Waals surface area contributed by atoms with E-state index in [1.54, 1.807) is 13.8 Å². The second-order valence-corrected chi connectivity index (χ2v) is 5.47. The first kappa shape index (κ1) is 21.9. The van der Waals surface area contributed by atoms with E-state index in [2.05, 4.69) is 0 Å². The van der Waals surface area contributed by atoms with Crippen molar-refractivity contribution in [2.75, 3.05) is 0 Å². The standard InChI is InChI=1S/C16H18O4.2Na.2H/c1-9(2)13(15(17)18)14(16(19)20)12-7-10-5-3-4-6-11(10)8-12;;;;/h3-6,9,12H,7-8H2,1-2H3,(H,17,18)(H,19,20);;;;/q;2*+1;2*-1/b14-13-;;;;. The summed E-state index contributed by atoms with van der Waals surface area (Å²) in [5, 5.41) is 18.8.